The lowest BCUT2D eigenvalue weighted by molar-refractivity contribution is -0.143. The van der Waals surface area contributed by atoms with Crippen molar-refractivity contribution in [3.63, 3.8) is 0 Å². The van der Waals surface area contributed by atoms with E-state index in [9.17, 15) is 5.11 Å². The van der Waals surface area contributed by atoms with Gasteiger partial charge in [0, 0.05) is 12.5 Å². The Morgan fingerprint density at radius 3 is 2.05 bits per heavy atom. The fourth-order valence-electron chi connectivity index (χ4n) is 3.15. The number of unbranched alkanes of at least 4 members (excludes halogenated alkanes) is 7. The van der Waals surface area contributed by atoms with Crippen molar-refractivity contribution < 1.29 is 9.84 Å². The van der Waals surface area contributed by atoms with E-state index in [4.69, 9.17) is 4.74 Å². The van der Waals surface area contributed by atoms with Crippen LogP contribution in [-0.4, -0.2) is 18.0 Å². The molecule has 1 unspecified atom stereocenters. The lowest BCUT2D eigenvalue weighted by atomic mass is 9.83. The van der Waals surface area contributed by atoms with E-state index < -0.39 is 6.29 Å². The number of aliphatic hydroxyl groups is 1. The maximum atomic E-state index is 10.0. The average Bonchev–Trinajstić information content (AvgIpc) is 2.46. The SMILES string of the molecule is CCCCCCCCCCOC(O)C1CCC(C)CC1. The van der Waals surface area contributed by atoms with Crippen molar-refractivity contribution in [2.75, 3.05) is 6.61 Å². The van der Waals surface area contributed by atoms with E-state index in [0.29, 0.717) is 5.92 Å². The minimum Gasteiger partial charge on any atom is -0.368 e. The van der Waals surface area contributed by atoms with Gasteiger partial charge in [0.15, 0.2) is 6.29 Å². The van der Waals surface area contributed by atoms with Gasteiger partial charge >= 0.3 is 0 Å². The first-order valence-electron chi connectivity index (χ1n) is 9.03. The van der Waals surface area contributed by atoms with E-state index in [0.717, 1.165) is 31.8 Å². The fraction of sp³-hybridized carbons (Fsp3) is 1.00. The Morgan fingerprint density at radius 1 is 0.900 bits per heavy atom. The van der Waals surface area contributed by atoms with E-state index in [2.05, 4.69) is 13.8 Å². The largest absolute Gasteiger partial charge is 0.368 e. The van der Waals surface area contributed by atoms with E-state index in [1.807, 2.05) is 0 Å². The number of ether oxygens (including phenoxy) is 1. The van der Waals surface area contributed by atoms with Crippen LogP contribution in [0, 0.1) is 11.8 Å². The van der Waals surface area contributed by atoms with Crippen molar-refractivity contribution in [3.8, 4) is 0 Å². The van der Waals surface area contributed by atoms with Gasteiger partial charge in [-0.05, 0) is 25.2 Å². The first-order valence-corrected chi connectivity index (χ1v) is 9.03. The lowest BCUT2D eigenvalue weighted by Crippen LogP contribution is -2.27. The zero-order valence-corrected chi connectivity index (χ0v) is 13.8. The summed E-state index contributed by atoms with van der Waals surface area (Å²) in [5.74, 6) is 1.23. The quantitative estimate of drug-likeness (QED) is 0.413. The predicted molar refractivity (Wildman–Crippen MR) is 85.7 cm³/mol. The highest BCUT2D eigenvalue weighted by Crippen LogP contribution is 2.30. The molecular formula is C18H36O2. The summed E-state index contributed by atoms with van der Waals surface area (Å²) in [6, 6.07) is 0. The molecule has 1 rings (SSSR count). The number of aliphatic hydroxyl groups excluding tert-OH is 1. The molecule has 0 saturated heterocycles. The topological polar surface area (TPSA) is 29.5 Å². The monoisotopic (exact) mass is 284 g/mol. The number of hydrogen-bond acceptors (Lipinski definition) is 2. The second-order valence-electron chi connectivity index (χ2n) is 6.76. The maximum Gasteiger partial charge on any atom is 0.157 e. The van der Waals surface area contributed by atoms with Gasteiger partial charge < -0.3 is 9.84 Å². The minimum absolute atomic E-state index is 0.389. The fourth-order valence-corrected chi connectivity index (χ4v) is 3.15. The van der Waals surface area contributed by atoms with Crippen LogP contribution in [0.3, 0.4) is 0 Å². The van der Waals surface area contributed by atoms with Gasteiger partial charge in [-0.15, -0.1) is 0 Å². The summed E-state index contributed by atoms with van der Waals surface area (Å²) in [6.45, 7) is 5.31. The summed E-state index contributed by atoms with van der Waals surface area (Å²) in [5, 5.41) is 10.0. The summed E-state index contributed by atoms with van der Waals surface area (Å²) in [7, 11) is 0. The van der Waals surface area contributed by atoms with Crippen LogP contribution in [0.15, 0.2) is 0 Å². The molecule has 1 saturated carbocycles. The van der Waals surface area contributed by atoms with Crippen LogP contribution in [0.4, 0.5) is 0 Å². The van der Waals surface area contributed by atoms with Crippen molar-refractivity contribution >= 4 is 0 Å². The average molecular weight is 284 g/mol. The molecular weight excluding hydrogens is 248 g/mol. The molecule has 0 aromatic carbocycles. The standard InChI is InChI=1S/C18H36O2/c1-3-4-5-6-7-8-9-10-15-20-18(19)17-13-11-16(2)12-14-17/h16-19H,3-15H2,1-2H3. The zero-order chi connectivity index (χ0) is 14.6. The van der Waals surface area contributed by atoms with Gasteiger partial charge in [0.05, 0.1) is 0 Å². The van der Waals surface area contributed by atoms with Gasteiger partial charge in [-0.2, -0.15) is 0 Å². The van der Waals surface area contributed by atoms with Crippen LogP contribution in [0.2, 0.25) is 0 Å². The smallest absolute Gasteiger partial charge is 0.157 e. The normalized spacial score (nSPS) is 24.8. The highest BCUT2D eigenvalue weighted by molar-refractivity contribution is 4.71. The Bertz CT molecular complexity index is 209. The van der Waals surface area contributed by atoms with E-state index >= 15 is 0 Å². The van der Waals surface area contributed by atoms with Gasteiger partial charge in [-0.25, -0.2) is 0 Å². The lowest BCUT2D eigenvalue weighted by Gasteiger charge is -2.29. The van der Waals surface area contributed by atoms with Gasteiger partial charge in [-0.1, -0.05) is 71.6 Å². The zero-order valence-electron chi connectivity index (χ0n) is 13.8. The van der Waals surface area contributed by atoms with Gasteiger partial charge in [0.2, 0.25) is 0 Å². The van der Waals surface area contributed by atoms with Gasteiger partial charge in [0.1, 0.15) is 0 Å². The molecule has 0 bridgehead atoms. The molecule has 1 atom stereocenters. The Labute approximate surface area is 126 Å². The first-order chi connectivity index (χ1) is 9.74. The summed E-state index contributed by atoms with van der Waals surface area (Å²) in [6.07, 6.45) is 14.8. The molecule has 0 heterocycles. The van der Waals surface area contributed by atoms with Crippen molar-refractivity contribution in [1.82, 2.24) is 0 Å². The van der Waals surface area contributed by atoms with Crippen LogP contribution in [0.1, 0.15) is 90.9 Å². The molecule has 1 aliphatic carbocycles. The Hall–Kier alpha value is -0.0800. The molecule has 0 aromatic heterocycles. The molecule has 0 aromatic rings. The van der Waals surface area contributed by atoms with Crippen molar-refractivity contribution in [2.45, 2.75) is 97.2 Å². The second kappa shape index (κ2) is 11.6. The third kappa shape index (κ3) is 8.26. The summed E-state index contributed by atoms with van der Waals surface area (Å²) in [4.78, 5) is 0. The number of hydrogen-bond donors (Lipinski definition) is 1. The van der Waals surface area contributed by atoms with Crippen LogP contribution < -0.4 is 0 Å². The minimum atomic E-state index is -0.507. The predicted octanol–water partition coefficient (Wildman–Crippen LogP) is 5.29. The Balaban J connectivity index is 1.88. The van der Waals surface area contributed by atoms with Gasteiger partial charge in [0.25, 0.3) is 0 Å². The van der Waals surface area contributed by atoms with Crippen LogP contribution in [-0.2, 0) is 4.74 Å². The van der Waals surface area contributed by atoms with Gasteiger partial charge in [-0.3, -0.25) is 0 Å². The molecule has 1 N–H and O–H groups in total. The Morgan fingerprint density at radius 2 is 1.45 bits per heavy atom. The first kappa shape index (κ1) is 18.0. The molecule has 1 aliphatic rings. The third-order valence-electron chi connectivity index (χ3n) is 4.75. The Kier molecular flexibility index (Phi) is 10.4. The maximum absolute atomic E-state index is 10.0. The number of rotatable bonds is 11. The summed E-state index contributed by atoms with van der Waals surface area (Å²) < 4.78 is 5.62. The highest BCUT2D eigenvalue weighted by Gasteiger charge is 2.24. The van der Waals surface area contributed by atoms with Crippen LogP contribution >= 0.6 is 0 Å². The molecule has 120 valence electrons. The third-order valence-corrected chi connectivity index (χ3v) is 4.75. The molecule has 0 amide bonds. The van der Waals surface area contributed by atoms with Crippen LogP contribution in [0.5, 0.6) is 0 Å². The summed E-state index contributed by atoms with van der Waals surface area (Å²) in [5.41, 5.74) is 0. The molecule has 0 radical (unpaired) electrons. The van der Waals surface area contributed by atoms with Crippen molar-refractivity contribution in [3.05, 3.63) is 0 Å². The molecule has 20 heavy (non-hydrogen) atoms. The van der Waals surface area contributed by atoms with Crippen LogP contribution in [0.25, 0.3) is 0 Å². The second-order valence-corrected chi connectivity index (χ2v) is 6.76. The van der Waals surface area contributed by atoms with Crippen molar-refractivity contribution in [1.29, 1.82) is 0 Å². The molecule has 0 spiro atoms. The van der Waals surface area contributed by atoms with E-state index in [-0.39, 0.29) is 0 Å². The summed E-state index contributed by atoms with van der Waals surface area (Å²) >= 11 is 0. The van der Waals surface area contributed by atoms with E-state index in [1.54, 1.807) is 0 Å². The molecule has 2 nitrogen and oxygen atoms in total. The molecule has 2 heteroatoms. The van der Waals surface area contributed by atoms with E-state index in [1.165, 1.54) is 57.8 Å². The molecule has 1 fully saturated rings. The molecule has 0 aliphatic heterocycles. The highest BCUT2D eigenvalue weighted by atomic mass is 16.6. The van der Waals surface area contributed by atoms with Crippen molar-refractivity contribution in [2.24, 2.45) is 11.8 Å².